The number of benzene rings is 1. The first-order valence-corrected chi connectivity index (χ1v) is 8.10. The van der Waals surface area contributed by atoms with Gasteiger partial charge in [0.2, 0.25) is 0 Å². The van der Waals surface area contributed by atoms with Crippen LogP contribution in [0.15, 0.2) is 63.3 Å². The van der Waals surface area contributed by atoms with Crippen molar-refractivity contribution < 1.29 is 0 Å². The zero-order chi connectivity index (χ0) is 18.1. The van der Waals surface area contributed by atoms with Gasteiger partial charge in [0.25, 0.3) is 0 Å². The summed E-state index contributed by atoms with van der Waals surface area (Å²) >= 11 is 4.68. The third kappa shape index (κ3) is 3.87. The van der Waals surface area contributed by atoms with E-state index in [0.717, 1.165) is 38.3 Å². The van der Waals surface area contributed by atoms with Crippen molar-refractivity contribution in [3.05, 3.63) is 96.7 Å². The highest BCUT2D eigenvalue weighted by molar-refractivity contribution is 7.90. The molecule has 0 aliphatic heterocycles. The summed E-state index contributed by atoms with van der Waals surface area (Å²) in [5.41, 5.74) is 6.06. The molecule has 122 valence electrons. The molecule has 0 saturated heterocycles. The van der Waals surface area contributed by atoms with Crippen molar-refractivity contribution in [2.45, 2.75) is 6.92 Å². The number of rotatable bonds is 8. The van der Waals surface area contributed by atoms with E-state index in [1.54, 1.807) is 12.2 Å². The monoisotopic (exact) mass is 332 g/mol. The van der Waals surface area contributed by atoms with E-state index in [1.807, 2.05) is 49.5 Å². The Morgan fingerprint density at radius 2 is 1.33 bits per heavy atom. The molecule has 0 unspecified atom stereocenters. The number of hydrogen-bond donors (Lipinski definition) is 1. The maximum absolute atomic E-state index is 4.68. The topological polar surface area (TPSA) is 0 Å². The fraction of sp³-hybridized carbons (Fsp3) is 0.0435. The molecular formula is C23H24S. The van der Waals surface area contributed by atoms with Crippen molar-refractivity contribution >= 4 is 47.9 Å². The number of allylic oxidation sites excluding steroid dienone is 5. The van der Waals surface area contributed by atoms with Crippen LogP contribution < -0.4 is 0 Å². The van der Waals surface area contributed by atoms with Gasteiger partial charge in [0.15, 0.2) is 0 Å². The van der Waals surface area contributed by atoms with E-state index in [2.05, 4.69) is 51.6 Å². The van der Waals surface area contributed by atoms with Crippen molar-refractivity contribution in [3.63, 3.8) is 0 Å². The maximum Gasteiger partial charge on any atom is 0.0125 e. The maximum atomic E-state index is 4.68. The summed E-state index contributed by atoms with van der Waals surface area (Å²) in [7, 11) is 0. The largest absolute Gasteiger partial charge is 0.143 e. The van der Waals surface area contributed by atoms with Crippen molar-refractivity contribution in [1.82, 2.24) is 0 Å². The Bertz CT molecular complexity index is 768. The molecule has 0 nitrogen and oxygen atoms in total. The van der Waals surface area contributed by atoms with Gasteiger partial charge in [-0.05, 0) is 40.8 Å². The van der Waals surface area contributed by atoms with Crippen LogP contribution in [-0.4, -0.2) is 0 Å². The molecule has 0 spiro atoms. The molecular weight excluding hydrogens is 308 g/mol. The highest BCUT2D eigenvalue weighted by Gasteiger charge is 2.18. The van der Waals surface area contributed by atoms with Crippen LogP contribution >= 0.6 is 12.6 Å². The summed E-state index contributed by atoms with van der Waals surface area (Å²) < 4.78 is 0. The quantitative estimate of drug-likeness (QED) is 0.374. The van der Waals surface area contributed by atoms with Gasteiger partial charge in [0, 0.05) is 10.5 Å². The van der Waals surface area contributed by atoms with Gasteiger partial charge in [-0.25, -0.2) is 0 Å². The SMILES string of the molecule is C=C/C=C\c1c(C=C)c(C=C)c(/C=C\C)c(C=C)c1/C(S)=C\C=C. The Labute approximate surface area is 151 Å². The first-order chi connectivity index (χ1) is 11.6. The van der Waals surface area contributed by atoms with Crippen LogP contribution in [0.1, 0.15) is 40.3 Å². The lowest BCUT2D eigenvalue weighted by atomic mass is 9.85. The summed E-state index contributed by atoms with van der Waals surface area (Å²) in [5.74, 6) is 0. The minimum absolute atomic E-state index is 0.813. The molecule has 1 aromatic carbocycles. The Hall–Kier alpha value is -2.51. The van der Waals surface area contributed by atoms with Crippen LogP contribution in [0.5, 0.6) is 0 Å². The molecule has 0 aliphatic carbocycles. The highest BCUT2D eigenvalue weighted by atomic mass is 32.1. The van der Waals surface area contributed by atoms with Crippen LogP contribution in [0, 0.1) is 0 Å². The van der Waals surface area contributed by atoms with Crippen molar-refractivity contribution in [2.75, 3.05) is 0 Å². The van der Waals surface area contributed by atoms with Gasteiger partial charge in [-0.3, -0.25) is 0 Å². The Kier molecular flexibility index (Phi) is 7.81. The van der Waals surface area contributed by atoms with E-state index in [-0.39, 0.29) is 0 Å². The zero-order valence-electron chi connectivity index (χ0n) is 14.3. The minimum Gasteiger partial charge on any atom is -0.143 e. The van der Waals surface area contributed by atoms with Crippen molar-refractivity contribution in [2.24, 2.45) is 0 Å². The third-order valence-electron chi connectivity index (χ3n) is 3.58. The molecule has 0 radical (unpaired) electrons. The van der Waals surface area contributed by atoms with E-state index in [4.69, 9.17) is 0 Å². The molecule has 0 heterocycles. The lowest BCUT2D eigenvalue weighted by Gasteiger charge is -2.20. The molecule has 0 aromatic heterocycles. The molecule has 0 bridgehead atoms. The Balaban J connectivity index is 4.21. The smallest absolute Gasteiger partial charge is 0.0125 e. The molecule has 24 heavy (non-hydrogen) atoms. The van der Waals surface area contributed by atoms with Gasteiger partial charge in [-0.1, -0.05) is 87.6 Å². The van der Waals surface area contributed by atoms with Gasteiger partial charge in [-0.2, -0.15) is 0 Å². The van der Waals surface area contributed by atoms with Crippen LogP contribution in [0.25, 0.3) is 35.3 Å². The zero-order valence-corrected chi connectivity index (χ0v) is 15.2. The summed E-state index contributed by atoms with van der Waals surface area (Å²) in [5, 5.41) is 0. The lowest BCUT2D eigenvalue weighted by molar-refractivity contribution is 1.48. The second-order valence-corrected chi connectivity index (χ2v) is 5.42. The van der Waals surface area contributed by atoms with Gasteiger partial charge < -0.3 is 0 Å². The van der Waals surface area contributed by atoms with Crippen molar-refractivity contribution in [3.8, 4) is 0 Å². The van der Waals surface area contributed by atoms with Crippen LogP contribution in [-0.2, 0) is 0 Å². The second kappa shape index (κ2) is 9.59. The molecule has 0 saturated carbocycles. The first-order valence-electron chi connectivity index (χ1n) is 7.66. The van der Waals surface area contributed by atoms with E-state index >= 15 is 0 Å². The summed E-state index contributed by atoms with van der Waals surface area (Å²) in [6.07, 6.45) is 18.8. The van der Waals surface area contributed by atoms with Gasteiger partial charge >= 0.3 is 0 Å². The Morgan fingerprint density at radius 1 is 0.750 bits per heavy atom. The van der Waals surface area contributed by atoms with Crippen LogP contribution in [0.4, 0.5) is 0 Å². The summed E-state index contributed by atoms with van der Waals surface area (Å²) in [6, 6.07) is 0. The van der Waals surface area contributed by atoms with E-state index < -0.39 is 0 Å². The molecule has 0 atom stereocenters. The fourth-order valence-corrected chi connectivity index (χ4v) is 3.00. The summed E-state index contributed by atoms with van der Waals surface area (Å²) in [6.45, 7) is 21.5. The van der Waals surface area contributed by atoms with Gasteiger partial charge in [-0.15, -0.1) is 12.6 Å². The standard InChI is InChI=1S/C23H24S/c1-7-13-16-21-18(11-5)17(10-4)20(14-8-2)19(12-6)23(21)22(24)15-9-3/h7-16,24H,1,3-6H2,2H3/b14-8-,16-13-,22-15+. The van der Waals surface area contributed by atoms with E-state index in [0.29, 0.717) is 0 Å². The number of thiol groups is 1. The lowest BCUT2D eigenvalue weighted by Crippen LogP contribution is -2.01. The normalized spacial score (nSPS) is 11.7. The molecule has 1 rings (SSSR count). The fourth-order valence-electron chi connectivity index (χ4n) is 2.66. The van der Waals surface area contributed by atoms with Crippen LogP contribution in [0.2, 0.25) is 0 Å². The van der Waals surface area contributed by atoms with E-state index in [1.165, 1.54) is 0 Å². The molecule has 0 amide bonds. The van der Waals surface area contributed by atoms with Crippen LogP contribution in [0.3, 0.4) is 0 Å². The van der Waals surface area contributed by atoms with Gasteiger partial charge in [0.05, 0.1) is 0 Å². The molecule has 1 aromatic rings. The predicted octanol–water partition coefficient (Wildman–Crippen LogP) is 7.30. The highest BCUT2D eigenvalue weighted by Crippen LogP contribution is 2.38. The third-order valence-corrected chi connectivity index (χ3v) is 3.95. The van der Waals surface area contributed by atoms with Crippen molar-refractivity contribution in [1.29, 1.82) is 0 Å². The van der Waals surface area contributed by atoms with E-state index in [9.17, 15) is 0 Å². The number of hydrogen-bond acceptors (Lipinski definition) is 1. The predicted molar refractivity (Wildman–Crippen MR) is 118 cm³/mol. The molecule has 0 aliphatic rings. The molecule has 0 N–H and O–H groups in total. The molecule has 1 heteroatoms. The first kappa shape index (κ1) is 19.5. The summed E-state index contributed by atoms with van der Waals surface area (Å²) in [4.78, 5) is 0.813. The Morgan fingerprint density at radius 3 is 1.79 bits per heavy atom. The average Bonchev–Trinajstić information content (AvgIpc) is 2.59. The van der Waals surface area contributed by atoms with Gasteiger partial charge in [0.1, 0.15) is 0 Å². The average molecular weight is 333 g/mol. The minimum atomic E-state index is 0.813. The second-order valence-electron chi connectivity index (χ2n) is 4.94. The molecule has 0 fully saturated rings.